The highest BCUT2D eigenvalue weighted by molar-refractivity contribution is 5.75. The predicted octanol–water partition coefficient (Wildman–Crippen LogP) is 2.73. The second-order valence-electron chi connectivity index (χ2n) is 8.00. The number of aliphatic hydroxyl groups is 1. The Bertz CT molecular complexity index is 594. The molecule has 2 N–H and O–H groups in total. The summed E-state index contributed by atoms with van der Waals surface area (Å²) in [6, 6.07) is 8.38. The zero-order chi connectivity index (χ0) is 17.9. The van der Waals surface area contributed by atoms with Gasteiger partial charge in [-0.2, -0.15) is 0 Å². The topological polar surface area (TPSA) is 55.8 Å². The molecule has 2 amide bonds. The Morgan fingerprint density at radius 3 is 2.52 bits per heavy atom. The van der Waals surface area contributed by atoms with E-state index in [1.54, 1.807) is 0 Å². The van der Waals surface area contributed by atoms with E-state index in [4.69, 9.17) is 0 Å². The highest BCUT2D eigenvalue weighted by Gasteiger charge is 2.35. The minimum atomic E-state index is -0.144. The van der Waals surface area contributed by atoms with Gasteiger partial charge in [0, 0.05) is 38.3 Å². The number of nitrogens with one attached hydrogen (secondary N) is 1. The quantitative estimate of drug-likeness (QED) is 0.882. The molecule has 0 atom stereocenters. The van der Waals surface area contributed by atoms with Crippen molar-refractivity contribution in [2.24, 2.45) is 0 Å². The lowest BCUT2D eigenvalue weighted by atomic mass is 10.0. The number of amides is 2. The minimum Gasteiger partial charge on any atom is -0.393 e. The van der Waals surface area contributed by atoms with Crippen LogP contribution in [0.3, 0.4) is 0 Å². The average molecular weight is 345 g/mol. The van der Waals surface area contributed by atoms with Gasteiger partial charge < -0.3 is 15.3 Å². The Labute approximate surface area is 151 Å². The molecule has 3 rings (SSSR count). The van der Waals surface area contributed by atoms with Crippen LogP contribution in [0.25, 0.3) is 0 Å². The molecule has 1 aromatic rings. The van der Waals surface area contributed by atoms with E-state index in [0.717, 1.165) is 51.9 Å². The first-order chi connectivity index (χ1) is 12.0. The summed E-state index contributed by atoms with van der Waals surface area (Å²) in [5, 5.41) is 12.8. The summed E-state index contributed by atoms with van der Waals surface area (Å²) in [5.74, 6) is 0. The van der Waals surface area contributed by atoms with Crippen molar-refractivity contribution < 1.29 is 9.90 Å². The lowest BCUT2D eigenvalue weighted by Crippen LogP contribution is -2.47. The van der Waals surface area contributed by atoms with Crippen molar-refractivity contribution in [2.75, 3.05) is 19.6 Å². The second-order valence-corrected chi connectivity index (χ2v) is 8.00. The summed E-state index contributed by atoms with van der Waals surface area (Å²) in [4.78, 5) is 16.9. The number of carbonyl (C=O) groups is 1. The van der Waals surface area contributed by atoms with E-state index in [2.05, 4.69) is 42.3 Å². The Morgan fingerprint density at radius 2 is 1.88 bits per heavy atom. The molecule has 5 heteroatoms. The number of benzene rings is 1. The molecule has 1 aromatic carbocycles. The highest BCUT2D eigenvalue weighted by Crippen LogP contribution is 2.28. The standard InChI is InChI=1S/C20H31N3O2/c1-20(2)10-5-11-23(20)19(25)21-14-16-6-3-4-7-17(16)15-22-12-8-18(24)9-13-22/h3-4,6-7,18,24H,5,8-15H2,1-2H3,(H,21,25). The van der Waals surface area contributed by atoms with Crippen LogP contribution in [0.2, 0.25) is 0 Å². The van der Waals surface area contributed by atoms with Crippen molar-refractivity contribution in [3.63, 3.8) is 0 Å². The fourth-order valence-corrected chi connectivity index (χ4v) is 3.95. The lowest BCUT2D eigenvalue weighted by Gasteiger charge is -2.32. The summed E-state index contributed by atoms with van der Waals surface area (Å²) in [6.45, 7) is 8.44. The highest BCUT2D eigenvalue weighted by atomic mass is 16.3. The fraction of sp³-hybridized carbons (Fsp3) is 0.650. The molecule has 2 aliphatic rings. The van der Waals surface area contributed by atoms with Crippen LogP contribution in [0.5, 0.6) is 0 Å². The van der Waals surface area contributed by atoms with Gasteiger partial charge in [0.2, 0.25) is 0 Å². The maximum absolute atomic E-state index is 12.5. The van der Waals surface area contributed by atoms with E-state index in [0.29, 0.717) is 6.54 Å². The SMILES string of the molecule is CC1(C)CCCN1C(=O)NCc1ccccc1CN1CCC(O)CC1. The Balaban J connectivity index is 1.58. The number of hydrogen-bond acceptors (Lipinski definition) is 3. The largest absolute Gasteiger partial charge is 0.393 e. The number of piperidine rings is 1. The van der Waals surface area contributed by atoms with Crippen LogP contribution in [-0.2, 0) is 13.1 Å². The zero-order valence-corrected chi connectivity index (χ0v) is 15.5. The summed E-state index contributed by atoms with van der Waals surface area (Å²) in [5.41, 5.74) is 2.40. The van der Waals surface area contributed by atoms with Gasteiger partial charge in [-0.25, -0.2) is 4.79 Å². The van der Waals surface area contributed by atoms with Crippen molar-refractivity contribution in [2.45, 2.75) is 64.3 Å². The lowest BCUT2D eigenvalue weighted by molar-refractivity contribution is 0.0791. The Kier molecular flexibility index (Phi) is 5.64. The molecule has 2 aliphatic heterocycles. The van der Waals surface area contributed by atoms with Crippen LogP contribution in [0, 0.1) is 0 Å². The van der Waals surface area contributed by atoms with Crippen LogP contribution < -0.4 is 5.32 Å². The Morgan fingerprint density at radius 1 is 1.20 bits per heavy atom. The summed E-state index contributed by atoms with van der Waals surface area (Å²) in [6.07, 6.45) is 3.70. The summed E-state index contributed by atoms with van der Waals surface area (Å²) < 4.78 is 0. The van der Waals surface area contributed by atoms with E-state index < -0.39 is 0 Å². The first-order valence-electron chi connectivity index (χ1n) is 9.48. The first kappa shape index (κ1) is 18.2. The van der Waals surface area contributed by atoms with Crippen molar-refractivity contribution >= 4 is 6.03 Å². The van der Waals surface area contributed by atoms with Gasteiger partial charge in [0.1, 0.15) is 0 Å². The van der Waals surface area contributed by atoms with Gasteiger partial charge in [-0.15, -0.1) is 0 Å². The Hall–Kier alpha value is -1.59. The maximum atomic E-state index is 12.5. The molecule has 0 unspecified atom stereocenters. The molecule has 5 nitrogen and oxygen atoms in total. The monoisotopic (exact) mass is 345 g/mol. The third-order valence-corrected chi connectivity index (χ3v) is 5.65. The molecule has 2 heterocycles. The van der Waals surface area contributed by atoms with E-state index >= 15 is 0 Å². The van der Waals surface area contributed by atoms with Crippen LogP contribution in [0.4, 0.5) is 4.79 Å². The number of likely N-dealkylation sites (tertiary alicyclic amines) is 2. The van der Waals surface area contributed by atoms with Gasteiger partial charge >= 0.3 is 6.03 Å². The number of rotatable bonds is 4. The molecule has 0 aromatic heterocycles. The molecule has 2 saturated heterocycles. The maximum Gasteiger partial charge on any atom is 0.318 e. The third-order valence-electron chi connectivity index (χ3n) is 5.65. The second kappa shape index (κ2) is 7.75. The van der Waals surface area contributed by atoms with E-state index in [9.17, 15) is 9.90 Å². The van der Waals surface area contributed by atoms with Crippen molar-refractivity contribution in [3.8, 4) is 0 Å². The van der Waals surface area contributed by atoms with Crippen molar-refractivity contribution in [3.05, 3.63) is 35.4 Å². The van der Waals surface area contributed by atoms with E-state index in [1.165, 1.54) is 11.1 Å². The smallest absolute Gasteiger partial charge is 0.318 e. The van der Waals surface area contributed by atoms with Crippen LogP contribution in [0.15, 0.2) is 24.3 Å². The summed E-state index contributed by atoms with van der Waals surface area (Å²) >= 11 is 0. The number of carbonyl (C=O) groups excluding carboxylic acids is 1. The number of urea groups is 1. The van der Waals surface area contributed by atoms with Gasteiger partial charge in [0.25, 0.3) is 0 Å². The molecule has 25 heavy (non-hydrogen) atoms. The number of nitrogens with zero attached hydrogens (tertiary/aromatic N) is 2. The molecule has 0 aliphatic carbocycles. The zero-order valence-electron chi connectivity index (χ0n) is 15.5. The molecule has 2 fully saturated rings. The summed E-state index contributed by atoms with van der Waals surface area (Å²) in [7, 11) is 0. The van der Waals surface area contributed by atoms with Gasteiger partial charge in [0.05, 0.1) is 6.10 Å². The van der Waals surface area contributed by atoms with E-state index in [1.807, 2.05) is 11.0 Å². The van der Waals surface area contributed by atoms with Crippen LogP contribution >= 0.6 is 0 Å². The molecule has 0 bridgehead atoms. The third kappa shape index (κ3) is 4.53. The fourth-order valence-electron chi connectivity index (χ4n) is 3.95. The first-order valence-corrected chi connectivity index (χ1v) is 9.48. The molecule has 0 spiro atoms. The normalized spacial score (nSPS) is 21.5. The molecular weight excluding hydrogens is 314 g/mol. The molecular formula is C20H31N3O2. The van der Waals surface area contributed by atoms with Gasteiger partial charge in [-0.1, -0.05) is 24.3 Å². The predicted molar refractivity (Wildman–Crippen MR) is 99.2 cm³/mol. The molecule has 138 valence electrons. The van der Waals surface area contributed by atoms with Gasteiger partial charge in [-0.05, 0) is 50.7 Å². The number of aliphatic hydroxyl groups excluding tert-OH is 1. The van der Waals surface area contributed by atoms with Crippen LogP contribution in [0.1, 0.15) is 50.7 Å². The van der Waals surface area contributed by atoms with E-state index in [-0.39, 0.29) is 17.7 Å². The van der Waals surface area contributed by atoms with Crippen LogP contribution in [-0.4, -0.2) is 52.2 Å². The minimum absolute atomic E-state index is 0.0402. The number of hydrogen-bond donors (Lipinski definition) is 2. The van der Waals surface area contributed by atoms with Crippen molar-refractivity contribution in [1.82, 2.24) is 15.1 Å². The molecule has 0 saturated carbocycles. The van der Waals surface area contributed by atoms with Gasteiger partial charge in [-0.3, -0.25) is 4.90 Å². The van der Waals surface area contributed by atoms with Gasteiger partial charge in [0.15, 0.2) is 0 Å². The average Bonchev–Trinajstić information content (AvgIpc) is 2.95. The van der Waals surface area contributed by atoms with Crippen molar-refractivity contribution in [1.29, 1.82) is 0 Å². The molecule has 0 radical (unpaired) electrons.